The normalized spacial score (nSPS) is 21.5. The lowest BCUT2D eigenvalue weighted by Crippen LogP contribution is -2.44. The summed E-state index contributed by atoms with van der Waals surface area (Å²) in [4.78, 5) is 54.8. The SMILES string of the molecule is O=C(c1cccnc1)N1CCc2c(nc([C@H]3CCCCN3C(=O)C3CCCCC3)[nH]c2=O)C1. The average Bonchev–Trinajstić information content (AvgIpc) is 2.88. The quantitative estimate of drug-likeness (QED) is 0.777. The van der Waals surface area contributed by atoms with Crippen LogP contribution in [0.15, 0.2) is 29.3 Å². The van der Waals surface area contributed by atoms with Gasteiger partial charge in [-0.05, 0) is 50.7 Å². The van der Waals surface area contributed by atoms with Crippen LogP contribution in [0.2, 0.25) is 0 Å². The van der Waals surface area contributed by atoms with Gasteiger partial charge in [0.25, 0.3) is 11.5 Å². The number of rotatable bonds is 3. The summed E-state index contributed by atoms with van der Waals surface area (Å²) in [5.41, 5.74) is 1.68. The fourth-order valence-electron chi connectivity index (χ4n) is 5.53. The molecule has 1 saturated carbocycles. The van der Waals surface area contributed by atoms with E-state index >= 15 is 0 Å². The molecule has 1 saturated heterocycles. The van der Waals surface area contributed by atoms with Crippen LogP contribution in [0.3, 0.4) is 0 Å². The van der Waals surface area contributed by atoms with Crippen LogP contribution in [0, 0.1) is 5.92 Å². The Morgan fingerprint density at radius 3 is 2.64 bits per heavy atom. The number of aromatic nitrogens is 3. The average molecular weight is 450 g/mol. The number of likely N-dealkylation sites (tertiary alicyclic amines) is 1. The summed E-state index contributed by atoms with van der Waals surface area (Å²) in [6.45, 7) is 1.48. The van der Waals surface area contributed by atoms with Crippen molar-refractivity contribution in [1.82, 2.24) is 24.8 Å². The van der Waals surface area contributed by atoms with Crippen LogP contribution in [-0.4, -0.2) is 49.7 Å². The van der Waals surface area contributed by atoms with Gasteiger partial charge < -0.3 is 14.8 Å². The molecule has 0 radical (unpaired) electrons. The van der Waals surface area contributed by atoms with Crippen LogP contribution in [0.25, 0.3) is 0 Å². The van der Waals surface area contributed by atoms with Crippen molar-refractivity contribution in [3.05, 3.63) is 57.5 Å². The summed E-state index contributed by atoms with van der Waals surface area (Å²) >= 11 is 0. The van der Waals surface area contributed by atoms with Crippen LogP contribution in [0.5, 0.6) is 0 Å². The van der Waals surface area contributed by atoms with Crippen molar-refractivity contribution in [2.75, 3.05) is 13.1 Å². The van der Waals surface area contributed by atoms with Crippen molar-refractivity contribution >= 4 is 11.8 Å². The molecule has 1 N–H and O–H groups in total. The van der Waals surface area contributed by atoms with Crippen molar-refractivity contribution < 1.29 is 9.59 Å². The molecule has 0 unspecified atom stereocenters. The molecule has 2 aromatic rings. The predicted octanol–water partition coefficient (Wildman–Crippen LogP) is 3.00. The van der Waals surface area contributed by atoms with Gasteiger partial charge in [0.05, 0.1) is 23.8 Å². The zero-order chi connectivity index (χ0) is 22.8. The molecule has 0 bridgehead atoms. The molecule has 0 aromatic carbocycles. The second-order valence-electron chi connectivity index (χ2n) is 9.47. The van der Waals surface area contributed by atoms with Gasteiger partial charge in [0.15, 0.2) is 0 Å². The fourth-order valence-corrected chi connectivity index (χ4v) is 5.53. The van der Waals surface area contributed by atoms with Gasteiger partial charge in [0.2, 0.25) is 5.91 Å². The van der Waals surface area contributed by atoms with Gasteiger partial charge in [-0.2, -0.15) is 0 Å². The maximum absolute atomic E-state index is 13.4. The molecular formula is C25H31N5O3. The van der Waals surface area contributed by atoms with E-state index in [1.807, 2.05) is 4.90 Å². The van der Waals surface area contributed by atoms with Gasteiger partial charge in [-0.1, -0.05) is 19.3 Å². The van der Waals surface area contributed by atoms with Crippen molar-refractivity contribution in [3.8, 4) is 0 Å². The minimum Gasteiger partial charge on any atom is -0.332 e. The highest BCUT2D eigenvalue weighted by molar-refractivity contribution is 5.94. The molecule has 8 heteroatoms. The van der Waals surface area contributed by atoms with Crippen LogP contribution >= 0.6 is 0 Å². The first kappa shape index (κ1) is 21.8. The molecule has 174 valence electrons. The molecule has 2 aromatic heterocycles. The number of piperidine rings is 1. The zero-order valence-corrected chi connectivity index (χ0v) is 19.0. The molecule has 1 atom stereocenters. The predicted molar refractivity (Wildman–Crippen MR) is 122 cm³/mol. The Hall–Kier alpha value is -3.03. The summed E-state index contributed by atoms with van der Waals surface area (Å²) in [6, 6.07) is 3.29. The number of amides is 2. The highest BCUT2D eigenvalue weighted by Gasteiger charge is 2.35. The number of aromatic amines is 1. The maximum Gasteiger partial charge on any atom is 0.255 e. The Morgan fingerprint density at radius 1 is 1.03 bits per heavy atom. The Labute approximate surface area is 193 Å². The van der Waals surface area contributed by atoms with Gasteiger partial charge in [0.1, 0.15) is 5.82 Å². The van der Waals surface area contributed by atoms with Crippen LogP contribution in [0.4, 0.5) is 0 Å². The van der Waals surface area contributed by atoms with Gasteiger partial charge in [-0.25, -0.2) is 4.98 Å². The third kappa shape index (κ3) is 4.43. The smallest absolute Gasteiger partial charge is 0.255 e. The van der Waals surface area contributed by atoms with Crippen LogP contribution in [-0.2, 0) is 17.8 Å². The zero-order valence-electron chi connectivity index (χ0n) is 19.0. The maximum atomic E-state index is 13.4. The van der Waals surface area contributed by atoms with Crippen molar-refractivity contribution in [3.63, 3.8) is 0 Å². The highest BCUT2D eigenvalue weighted by Crippen LogP contribution is 2.34. The topological polar surface area (TPSA) is 99.3 Å². The second-order valence-corrected chi connectivity index (χ2v) is 9.47. The van der Waals surface area contributed by atoms with Crippen LogP contribution < -0.4 is 5.56 Å². The van der Waals surface area contributed by atoms with Gasteiger partial charge >= 0.3 is 0 Å². The summed E-state index contributed by atoms with van der Waals surface area (Å²) in [7, 11) is 0. The number of pyridine rings is 1. The molecule has 8 nitrogen and oxygen atoms in total. The molecule has 2 aliphatic heterocycles. The number of H-pyrrole nitrogens is 1. The van der Waals surface area contributed by atoms with E-state index in [2.05, 4.69) is 9.97 Å². The molecular weight excluding hydrogens is 418 g/mol. The van der Waals surface area contributed by atoms with E-state index in [0.29, 0.717) is 48.7 Å². The van der Waals surface area contributed by atoms with Gasteiger partial charge in [0, 0.05) is 37.0 Å². The van der Waals surface area contributed by atoms with Gasteiger partial charge in [-0.3, -0.25) is 19.4 Å². The number of nitrogens with zero attached hydrogens (tertiary/aromatic N) is 4. The Balaban J connectivity index is 1.40. The van der Waals surface area contributed by atoms with E-state index < -0.39 is 0 Å². The highest BCUT2D eigenvalue weighted by atomic mass is 16.2. The molecule has 2 fully saturated rings. The molecule has 0 spiro atoms. The second kappa shape index (κ2) is 9.45. The number of fused-ring (bicyclic) bond motifs is 1. The minimum atomic E-state index is -0.199. The van der Waals surface area contributed by atoms with E-state index in [1.165, 1.54) is 6.42 Å². The number of carbonyl (C=O) groups excluding carboxylic acids is 2. The Morgan fingerprint density at radius 2 is 1.85 bits per heavy atom. The minimum absolute atomic E-state index is 0.0938. The van der Waals surface area contributed by atoms with E-state index in [0.717, 1.165) is 44.9 Å². The third-order valence-corrected chi connectivity index (χ3v) is 7.34. The standard InChI is InChI=1S/C25H31N5O3/c31-23-19-11-14-29(24(32)18-9-6-12-26-15-18)16-20(19)27-22(28-23)21-10-4-5-13-30(21)25(33)17-7-2-1-3-8-17/h6,9,12,15,17,21H,1-5,7-8,10-11,13-14,16H2,(H,27,28,31)/t21-/m1/s1. The molecule has 33 heavy (non-hydrogen) atoms. The number of hydrogen-bond donors (Lipinski definition) is 1. The monoisotopic (exact) mass is 449 g/mol. The lowest BCUT2D eigenvalue weighted by Gasteiger charge is -2.38. The Bertz CT molecular complexity index is 1080. The van der Waals surface area contributed by atoms with Crippen molar-refractivity contribution in [2.45, 2.75) is 70.4 Å². The molecule has 3 aliphatic rings. The lowest BCUT2D eigenvalue weighted by molar-refractivity contribution is -0.140. The first-order valence-electron chi connectivity index (χ1n) is 12.2. The summed E-state index contributed by atoms with van der Waals surface area (Å²) in [6.07, 6.45) is 11.8. The number of hydrogen-bond acceptors (Lipinski definition) is 5. The first-order valence-corrected chi connectivity index (χ1v) is 12.2. The summed E-state index contributed by atoms with van der Waals surface area (Å²) < 4.78 is 0. The van der Waals surface area contributed by atoms with Crippen LogP contribution in [0.1, 0.15) is 84.8 Å². The fraction of sp³-hybridized carbons (Fsp3) is 0.560. The van der Waals surface area contributed by atoms with E-state index in [-0.39, 0.29) is 29.3 Å². The third-order valence-electron chi connectivity index (χ3n) is 7.34. The molecule has 1 aliphatic carbocycles. The largest absolute Gasteiger partial charge is 0.332 e. The van der Waals surface area contributed by atoms with Crippen molar-refractivity contribution in [2.24, 2.45) is 5.92 Å². The van der Waals surface area contributed by atoms with E-state index in [9.17, 15) is 14.4 Å². The number of nitrogens with one attached hydrogen (secondary N) is 1. The number of carbonyl (C=O) groups is 2. The summed E-state index contributed by atoms with van der Waals surface area (Å²) in [5, 5.41) is 0. The first-order chi connectivity index (χ1) is 16.1. The molecule has 2 amide bonds. The Kier molecular flexibility index (Phi) is 6.24. The summed E-state index contributed by atoms with van der Waals surface area (Å²) in [5.74, 6) is 0.770. The van der Waals surface area contributed by atoms with E-state index in [4.69, 9.17) is 4.98 Å². The van der Waals surface area contributed by atoms with Gasteiger partial charge in [-0.15, -0.1) is 0 Å². The van der Waals surface area contributed by atoms with E-state index in [1.54, 1.807) is 29.4 Å². The molecule has 5 rings (SSSR count). The molecule has 4 heterocycles. The van der Waals surface area contributed by atoms with Crippen molar-refractivity contribution in [1.29, 1.82) is 0 Å². The lowest BCUT2D eigenvalue weighted by atomic mass is 9.87.